The van der Waals surface area contributed by atoms with E-state index in [1.165, 1.54) is 27.8 Å². The molecule has 0 aliphatic carbocycles. The molecule has 0 aliphatic heterocycles. The fraction of sp³-hybridized carbons (Fsp3) is 0.0370. The van der Waals surface area contributed by atoms with Crippen molar-refractivity contribution < 1.29 is 0 Å². The van der Waals surface area contributed by atoms with E-state index in [9.17, 15) is 0 Å². The first kappa shape index (κ1) is 17.8. The van der Waals surface area contributed by atoms with Crippen LogP contribution < -0.4 is 5.32 Å². The van der Waals surface area contributed by atoms with Crippen molar-refractivity contribution in [1.29, 1.82) is 0 Å². The van der Waals surface area contributed by atoms with Crippen LogP contribution in [0.15, 0.2) is 109 Å². The number of aryl methyl sites for hydroxylation is 1. The maximum Gasteiger partial charge on any atom is 0.0464 e. The summed E-state index contributed by atoms with van der Waals surface area (Å²) in [5.41, 5.74) is 8.20. The van der Waals surface area contributed by atoms with Gasteiger partial charge < -0.3 is 5.32 Å². The van der Waals surface area contributed by atoms with E-state index in [1.807, 2.05) is 6.07 Å². The highest BCUT2D eigenvalue weighted by Gasteiger charge is 2.10. The fourth-order valence-electron chi connectivity index (χ4n) is 3.27. The van der Waals surface area contributed by atoms with Gasteiger partial charge in [-0.2, -0.15) is 0 Å². The first-order chi connectivity index (χ1) is 13.8. The second-order valence-electron chi connectivity index (χ2n) is 6.87. The van der Waals surface area contributed by atoms with Crippen molar-refractivity contribution >= 4 is 23.0 Å². The van der Waals surface area contributed by atoms with Crippen LogP contribution in [0.2, 0.25) is 0 Å². The standard InChI is InChI=1S/C27H23N/c1-21-16-18-24(19-17-21)28-27-15-9-8-14-25(27)26(23-12-6-3-7-13-23)20-22-10-4-2-5-11-22/h2-20,28H,1H3/b26-20+. The average Bonchev–Trinajstić information content (AvgIpc) is 2.76. The highest BCUT2D eigenvalue weighted by Crippen LogP contribution is 2.33. The van der Waals surface area contributed by atoms with Gasteiger partial charge in [0.1, 0.15) is 0 Å². The lowest BCUT2D eigenvalue weighted by Crippen LogP contribution is -1.97. The molecular formula is C27H23N. The number of benzene rings is 4. The van der Waals surface area contributed by atoms with Gasteiger partial charge >= 0.3 is 0 Å². The predicted molar refractivity (Wildman–Crippen MR) is 121 cm³/mol. The molecule has 4 aromatic rings. The van der Waals surface area contributed by atoms with Crippen LogP contribution in [0.25, 0.3) is 11.6 Å². The van der Waals surface area contributed by atoms with Crippen LogP contribution in [0.1, 0.15) is 22.3 Å². The van der Waals surface area contributed by atoms with Crippen molar-refractivity contribution in [2.75, 3.05) is 5.32 Å². The monoisotopic (exact) mass is 361 g/mol. The Morgan fingerprint density at radius 2 is 1.25 bits per heavy atom. The molecule has 0 unspecified atom stereocenters. The third-order valence-electron chi connectivity index (χ3n) is 4.74. The van der Waals surface area contributed by atoms with Crippen LogP contribution in [0, 0.1) is 6.92 Å². The first-order valence-corrected chi connectivity index (χ1v) is 9.55. The van der Waals surface area contributed by atoms with E-state index in [0.29, 0.717) is 0 Å². The summed E-state index contributed by atoms with van der Waals surface area (Å²) in [7, 11) is 0. The Hall–Kier alpha value is -3.58. The van der Waals surface area contributed by atoms with Crippen LogP contribution in [-0.4, -0.2) is 0 Å². The van der Waals surface area contributed by atoms with Gasteiger partial charge in [0.15, 0.2) is 0 Å². The van der Waals surface area contributed by atoms with Gasteiger partial charge in [-0.05, 0) is 47.9 Å². The van der Waals surface area contributed by atoms with Gasteiger partial charge in [-0.1, -0.05) is 96.6 Å². The molecule has 0 bridgehead atoms. The van der Waals surface area contributed by atoms with Crippen molar-refractivity contribution in [3.8, 4) is 0 Å². The SMILES string of the molecule is Cc1ccc(Nc2ccccc2/C(=C/c2ccccc2)c2ccccc2)cc1. The Morgan fingerprint density at radius 3 is 1.96 bits per heavy atom. The lowest BCUT2D eigenvalue weighted by atomic mass is 9.94. The molecule has 1 N–H and O–H groups in total. The minimum absolute atomic E-state index is 1.09. The number of anilines is 2. The summed E-state index contributed by atoms with van der Waals surface area (Å²) in [6.45, 7) is 2.10. The lowest BCUT2D eigenvalue weighted by molar-refractivity contribution is 1.44. The van der Waals surface area contributed by atoms with Crippen LogP contribution in [-0.2, 0) is 0 Å². The van der Waals surface area contributed by atoms with E-state index < -0.39 is 0 Å². The van der Waals surface area contributed by atoms with E-state index in [-0.39, 0.29) is 0 Å². The third kappa shape index (κ3) is 4.21. The van der Waals surface area contributed by atoms with Gasteiger partial charge in [0.25, 0.3) is 0 Å². The average molecular weight is 361 g/mol. The number of para-hydroxylation sites is 1. The largest absolute Gasteiger partial charge is 0.355 e. The summed E-state index contributed by atoms with van der Waals surface area (Å²) in [5.74, 6) is 0. The zero-order valence-electron chi connectivity index (χ0n) is 16.0. The second-order valence-corrected chi connectivity index (χ2v) is 6.87. The topological polar surface area (TPSA) is 12.0 Å². The molecule has 1 heteroatoms. The Morgan fingerprint density at radius 1 is 0.643 bits per heavy atom. The third-order valence-corrected chi connectivity index (χ3v) is 4.74. The molecular weight excluding hydrogens is 338 g/mol. The van der Waals surface area contributed by atoms with Crippen LogP contribution >= 0.6 is 0 Å². The highest BCUT2D eigenvalue weighted by molar-refractivity contribution is 5.96. The molecule has 0 heterocycles. The van der Waals surface area contributed by atoms with Crippen molar-refractivity contribution in [3.05, 3.63) is 131 Å². The summed E-state index contributed by atoms with van der Waals surface area (Å²) in [6.07, 6.45) is 2.25. The number of hydrogen-bond acceptors (Lipinski definition) is 1. The van der Waals surface area contributed by atoms with E-state index in [2.05, 4.69) is 121 Å². The summed E-state index contributed by atoms with van der Waals surface area (Å²) in [6, 6.07) is 38.0. The van der Waals surface area contributed by atoms with Crippen molar-refractivity contribution in [2.24, 2.45) is 0 Å². The first-order valence-electron chi connectivity index (χ1n) is 9.55. The highest BCUT2D eigenvalue weighted by atomic mass is 14.9. The molecule has 0 saturated carbocycles. The second kappa shape index (κ2) is 8.41. The van der Waals surface area contributed by atoms with Crippen LogP contribution in [0.4, 0.5) is 11.4 Å². The molecule has 0 radical (unpaired) electrons. The molecule has 0 saturated heterocycles. The van der Waals surface area contributed by atoms with Gasteiger partial charge in [-0.25, -0.2) is 0 Å². The molecule has 0 aromatic heterocycles. The van der Waals surface area contributed by atoms with Gasteiger partial charge in [0.05, 0.1) is 0 Å². The molecule has 4 aromatic carbocycles. The Labute approximate surface area is 167 Å². The Bertz CT molecular complexity index is 1060. The zero-order valence-corrected chi connectivity index (χ0v) is 16.0. The number of nitrogens with one attached hydrogen (secondary N) is 1. The quantitative estimate of drug-likeness (QED) is 0.367. The van der Waals surface area contributed by atoms with Gasteiger partial charge in [0.2, 0.25) is 0 Å². The van der Waals surface area contributed by atoms with Gasteiger partial charge in [-0.15, -0.1) is 0 Å². The molecule has 0 fully saturated rings. The number of hydrogen-bond donors (Lipinski definition) is 1. The molecule has 0 atom stereocenters. The minimum atomic E-state index is 1.09. The molecule has 0 amide bonds. The van der Waals surface area contributed by atoms with E-state index >= 15 is 0 Å². The fourth-order valence-corrected chi connectivity index (χ4v) is 3.27. The smallest absolute Gasteiger partial charge is 0.0464 e. The molecule has 0 aliphatic rings. The van der Waals surface area contributed by atoms with Crippen molar-refractivity contribution in [2.45, 2.75) is 6.92 Å². The number of rotatable bonds is 5. The van der Waals surface area contributed by atoms with Crippen molar-refractivity contribution in [3.63, 3.8) is 0 Å². The summed E-state index contributed by atoms with van der Waals surface area (Å²) in [5, 5.41) is 3.59. The van der Waals surface area contributed by atoms with E-state index in [1.54, 1.807) is 0 Å². The minimum Gasteiger partial charge on any atom is -0.355 e. The molecule has 1 nitrogen and oxygen atoms in total. The van der Waals surface area contributed by atoms with E-state index in [4.69, 9.17) is 0 Å². The maximum atomic E-state index is 3.59. The summed E-state index contributed by atoms with van der Waals surface area (Å²) >= 11 is 0. The molecule has 0 spiro atoms. The van der Waals surface area contributed by atoms with Crippen LogP contribution in [0.5, 0.6) is 0 Å². The molecule has 28 heavy (non-hydrogen) atoms. The van der Waals surface area contributed by atoms with E-state index in [0.717, 1.165) is 11.4 Å². The summed E-state index contributed by atoms with van der Waals surface area (Å²) in [4.78, 5) is 0. The predicted octanol–water partition coefficient (Wildman–Crippen LogP) is 7.33. The molecule has 136 valence electrons. The van der Waals surface area contributed by atoms with Crippen molar-refractivity contribution in [1.82, 2.24) is 0 Å². The Kier molecular flexibility index (Phi) is 5.35. The van der Waals surface area contributed by atoms with Gasteiger partial charge in [-0.3, -0.25) is 0 Å². The zero-order chi connectivity index (χ0) is 19.2. The summed E-state index contributed by atoms with van der Waals surface area (Å²) < 4.78 is 0. The van der Waals surface area contributed by atoms with Gasteiger partial charge in [0, 0.05) is 16.9 Å². The Balaban J connectivity index is 1.81. The maximum absolute atomic E-state index is 3.59. The normalized spacial score (nSPS) is 11.2. The molecule has 4 rings (SSSR count). The lowest BCUT2D eigenvalue weighted by Gasteiger charge is -2.16. The van der Waals surface area contributed by atoms with Crippen LogP contribution in [0.3, 0.4) is 0 Å².